The standard InChI is InChI=1S/C12H24F2O4/c1-5-8-10(13)15-17-12(4,7-3)18-16-11(14)9-6-2/h10-11H,5-9H2,1-4H3. The molecule has 2 atom stereocenters. The van der Waals surface area contributed by atoms with Crippen LogP contribution in [0, 0.1) is 0 Å². The summed E-state index contributed by atoms with van der Waals surface area (Å²) in [6, 6.07) is 0. The van der Waals surface area contributed by atoms with Crippen molar-refractivity contribution in [1.29, 1.82) is 0 Å². The average molecular weight is 270 g/mol. The topological polar surface area (TPSA) is 36.9 Å². The molecule has 110 valence electrons. The first kappa shape index (κ1) is 17.7. The third-order valence-corrected chi connectivity index (χ3v) is 2.33. The highest BCUT2D eigenvalue weighted by atomic mass is 19.2. The highest BCUT2D eigenvalue weighted by molar-refractivity contribution is 4.54. The fraction of sp³-hybridized carbons (Fsp3) is 1.00. The van der Waals surface area contributed by atoms with Crippen molar-refractivity contribution in [3.63, 3.8) is 0 Å². The third-order valence-electron chi connectivity index (χ3n) is 2.33. The molecule has 4 nitrogen and oxygen atoms in total. The van der Waals surface area contributed by atoms with E-state index in [0.29, 0.717) is 19.3 Å². The monoisotopic (exact) mass is 270 g/mol. The molecule has 0 saturated carbocycles. The number of alkyl halides is 2. The molecule has 18 heavy (non-hydrogen) atoms. The summed E-state index contributed by atoms with van der Waals surface area (Å²) in [5.74, 6) is -1.32. The van der Waals surface area contributed by atoms with Crippen LogP contribution in [-0.2, 0) is 19.6 Å². The summed E-state index contributed by atoms with van der Waals surface area (Å²) in [7, 11) is 0. The van der Waals surface area contributed by atoms with Crippen LogP contribution < -0.4 is 0 Å². The van der Waals surface area contributed by atoms with Crippen molar-refractivity contribution in [2.24, 2.45) is 0 Å². The molecule has 0 spiro atoms. The molecular formula is C12H24F2O4. The molecule has 6 heteroatoms. The Morgan fingerprint density at radius 1 is 0.889 bits per heavy atom. The molecule has 0 radical (unpaired) electrons. The van der Waals surface area contributed by atoms with Gasteiger partial charge in [-0.1, -0.05) is 33.6 Å². The van der Waals surface area contributed by atoms with Crippen molar-refractivity contribution >= 4 is 0 Å². The van der Waals surface area contributed by atoms with Crippen LogP contribution in [0.15, 0.2) is 0 Å². The zero-order valence-corrected chi connectivity index (χ0v) is 11.6. The van der Waals surface area contributed by atoms with E-state index in [4.69, 9.17) is 9.78 Å². The van der Waals surface area contributed by atoms with Crippen molar-refractivity contribution in [2.75, 3.05) is 0 Å². The fourth-order valence-electron chi connectivity index (χ4n) is 0.990. The van der Waals surface area contributed by atoms with Gasteiger partial charge in [-0.25, -0.2) is 8.78 Å². The number of halogens is 2. The van der Waals surface area contributed by atoms with Crippen molar-refractivity contribution in [3.05, 3.63) is 0 Å². The molecule has 0 fully saturated rings. The van der Waals surface area contributed by atoms with Gasteiger partial charge in [0.05, 0.1) is 0 Å². The Kier molecular flexibility index (Phi) is 9.45. The first-order valence-corrected chi connectivity index (χ1v) is 6.44. The second-order valence-corrected chi connectivity index (χ2v) is 4.24. The Labute approximate surface area is 107 Å². The Bertz CT molecular complexity index is 189. The van der Waals surface area contributed by atoms with E-state index >= 15 is 0 Å². The van der Waals surface area contributed by atoms with Crippen LogP contribution in [0.1, 0.15) is 59.8 Å². The number of hydrogen-bond acceptors (Lipinski definition) is 4. The van der Waals surface area contributed by atoms with Gasteiger partial charge in [-0.2, -0.15) is 19.6 Å². The summed E-state index contributed by atoms with van der Waals surface area (Å²) in [5, 5.41) is 0. The van der Waals surface area contributed by atoms with Gasteiger partial charge in [0, 0.05) is 19.3 Å². The molecule has 0 heterocycles. The Hall–Kier alpha value is -0.300. The normalized spacial score (nSPS) is 18.3. The summed E-state index contributed by atoms with van der Waals surface area (Å²) < 4.78 is 26.1. The lowest BCUT2D eigenvalue weighted by molar-refractivity contribution is -0.536. The van der Waals surface area contributed by atoms with Crippen molar-refractivity contribution in [1.82, 2.24) is 0 Å². The lowest BCUT2D eigenvalue weighted by atomic mass is 10.2. The molecule has 0 aliphatic heterocycles. The number of hydrogen-bond donors (Lipinski definition) is 0. The van der Waals surface area contributed by atoms with Gasteiger partial charge >= 0.3 is 0 Å². The van der Waals surface area contributed by atoms with Crippen LogP contribution >= 0.6 is 0 Å². The van der Waals surface area contributed by atoms with Crippen molar-refractivity contribution in [3.8, 4) is 0 Å². The quantitative estimate of drug-likeness (QED) is 0.320. The molecule has 2 unspecified atom stereocenters. The molecule has 0 aliphatic carbocycles. The minimum Gasteiger partial charge on any atom is -0.213 e. The second-order valence-electron chi connectivity index (χ2n) is 4.24. The Morgan fingerprint density at radius 2 is 1.28 bits per heavy atom. The molecule has 0 rings (SSSR count). The van der Waals surface area contributed by atoms with E-state index in [-0.39, 0.29) is 12.8 Å². The first-order chi connectivity index (χ1) is 8.47. The van der Waals surface area contributed by atoms with Gasteiger partial charge in [0.1, 0.15) is 0 Å². The molecular weight excluding hydrogens is 246 g/mol. The van der Waals surface area contributed by atoms with Crippen LogP contribution in [0.3, 0.4) is 0 Å². The molecule has 0 N–H and O–H groups in total. The summed E-state index contributed by atoms with van der Waals surface area (Å²) in [6.07, 6.45) is -1.01. The maximum absolute atomic E-state index is 13.1. The molecule has 0 saturated heterocycles. The minimum atomic E-state index is -1.53. The van der Waals surface area contributed by atoms with E-state index in [1.165, 1.54) is 6.92 Å². The first-order valence-electron chi connectivity index (χ1n) is 6.44. The van der Waals surface area contributed by atoms with Gasteiger partial charge in [0.25, 0.3) is 0 Å². The third kappa shape index (κ3) is 7.92. The van der Waals surface area contributed by atoms with Crippen LogP contribution in [0.2, 0.25) is 0 Å². The summed E-state index contributed by atoms with van der Waals surface area (Å²) in [5.41, 5.74) is 0. The fourth-order valence-corrected chi connectivity index (χ4v) is 0.990. The highest BCUT2D eigenvalue weighted by Gasteiger charge is 2.30. The van der Waals surface area contributed by atoms with Gasteiger partial charge in [0.15, 0.2) is 0 Å². The van der Waals surface area contributed by atoms with Gasteiger partial charge in [-0.3, -0.25) is 0 Å². The van der Waals surface area contributed by atoms with E-state index in [2.05, 4.69) is 9.78 Å². The smallest absolute Gasteiger partial charge is 0.213 e. The SMILES string of the molecule is CCCC(F)OOC(C)(CC)OOC(F)CCC. The molecule has 0 bridgehead atoms. The van der Waals surface area contributed by atoms with Crippen LogP contribution in [-0.4, -0.2) is 18.5 Å². The molecule has 0 aromatic rings. The van der Waals surface area contributed by atoms with Gasteiger partial charge in [0.2, 0.25) is 18.5 Å². The number of rotatable bonds is 11. The van der Waals surface area contributed by atoms with E-state index in [0.717, 1.165) is 0 Å². The molecule has 0 aliphatic rings. The predicted octanol–water partition coefficient (Wildman–Crippen LogP) is 4.20. The lowest BCUT2D eigenvalue weighted by Gasteiger charge is -2.26. The van der Waals surface area contributed by atoms with Gasteiger partial charge in [-0.05, 0) is 6.92 Å². The van der Waals surface area contributed by atoms with E-state index in [1.807, 2.05) is 13.8 Å². The zero-order valence-electron chi connectivity index (χ0n) is 11.6. The maximum atomic E-state index is 13.1. The van der Waals surface area contributed by atoms with Crippen LogP contribution in [0.25, 0.3) is 0 Å². The lowest BCUT2D eigenvalue weighted by Crippen LogP contribution is -2.34. The van der Waals surface area contributed by atoms with Crippen molar-refractivity contribution in [2.45, 2.75) is 78.3 Å². The van der Waals surface area contributed by atoms with Crippen molar-refractivity contribution < 1.29 is 28.3 Å². The Morgan fingerprint density at radius 3 is 1.56 bits per heavy atom. The Balaban J connectivity index is 4.01. The van der Waals surface area contributed by atoms with Crippen LogP contribution in [0.4, 0.5) is 8.78 Å². The highest BCUT2D eigenvalue weighted by Crippen LogP contribution is 2.21. The van der Waals surface area contributed by atoms with E-state index in [1.54, 1.807) is 6.92 Å². The average Bonchev–Trinajstić information content (AvgIpc) is 2.35. The molecule has 0 aromatic heterocycles. The largest absolute Gasteiger partial charge is 0.231 e. The van der Waals surface area contributed by atoms with E-state index < -0.39 is 18.5 Å². The second kappa shape index (κ2) is 9.61. The van der Waals surface area contributed by atoms with Gasteiger partial charge in [-0.15, -0.1) is 0 Å². The summed E-state index contributed by atoms with van der Waals surface area (Å²) in [6.45, 7) is 6.87. The van der Waals surface area contributed by atoms with E-state index in [9.17, 15) is 8.78 Å². The van der Waals surface area contributed by atoms with Gasteiger partial charge < -0.3 is 0 Å². The summed E-state index contributed by atoms with van der Waals surface area (Å²) >= 11 is 0. The predicted molar refractivity (Wildman–Crippen MR) is 62.6 cm³/mol. The molecule has 0 aromatic carbocycles. The maximum Gasteiger partial charge on any atom is 0.231 e. The van der Waals surface area contributed by atoms with Crippen LogP contribution in [0.5, 0.6) is 0 Å². The minimum absolute atomic E-state index is 0.224. The zero-order chi connectivity index (χ0) is 14.0. The molecule has 0 amide bonds. The summed E-state index contributed by atoms with van der Waals surface area (Å²) in [4.78, 5) is 18.7.